The van der Waals surface area contributed by atoms with E-state index in [1.54, 1.807) is 26.0 Å². The van der Waals surface area contributed by atoms with Crippen molar-refractivity contribution >= 4 is 10.0 Å². The minimum atomic E-state index is -3.62. The van der Waals surface area contributed by atoms with Crippen molar-refractivity contribution in [3.8, 4) is 5.75 Å². The van der Waals surface area contributed by atoms with Crippen LogP contribution in [-0.4, -0.2) is 20.0 Å². The number of benzene rings is 1. The van der Waals surface area contributed by atoms with E-state index >= 15 is 0 Å². The topological polar surface area (TPSA) is 81.4 Å². The summed E-state index contributed by atoms with van der Waals surface area (Å²) in [5.74, 6) is 1.20. The van der Waals surface area contributed by atoms with E-state index < -0.39 is 10.0 Å². The Bertz CT molecular complexity index is 766. The molecule has 1 aromatic carbocycles. The predicted molar refractivity (Wildman–Crippen MR) is 82.4 cm³/mol. The van der Waals surface area contributed by atoms with Crippen molar-refractivity contribution in [2.24, 2.45) is 0 Å². The molecule has 7 heteroatoms. The van der Waals surface area contributed by atoms with E-state index in [1.807, 2.05) is 13.8 Å². The predicted octanol–water partition coefficient (Wildman–Crippen LogP) is 2.48. The van der Waals surface area contributed by atoms with Gasteiger partial charge in [0.2, 0.25) is 10.0 Å². The van der Waals surface area contributed by atoms with Gasteiger partial charge in [0.05, 0.1) is 23.7 Å². The van der Waals surface area contributed by atoms with Crippen LogP contribution in [0.4, 0.5) is 0 Å². The summed E-state index contributed by atoms with van der Waals surface area (Å²) in [7, 11) is -3.62. The van der Waals surface area contributed by atoms with Crippen LogP contribution in [0.2, 0.25) is 0 Å². The van der Waals surface area contributed by atoms with Crippen LogP contribution in [0.25, 0.3) is 0 Å². The minimum Gasteiger partial charge on any atom is -0.494 e. The quantitative estimate of drug-likeness (QED) is 0.883. The zero-order valence-corrected chi connectivity index (χ0v) is 14.0. The number of ether oxygens (including phenoxy) is 1. The lowest BCUT2D eigenvalue weighted by molar-refractivity contribution is 0.337. The van der Waals surface area contributed by atoms with E-state index in [2.05, 4.69) is 9.71 Å². The number of rotatable bonds is 6. The minimum absolute atomic E-state index is 0.0887. The Labute approximate surface area is 130 Å². The van der Waals surface area contributed by atoms with Crippen molar-refractivity contribution in [2.75, 3.05) is 6.61 Å². The van der Waals surface area contributed by atoms with Crippen LogP contribution in [0, 0.1) is 20.8 Å². The van der Waals surface area contributed by atoms with Crippen LogP contribution < -0.4 is 9.46 Å². The van der Waals surface area contributed by atoms with Crippen LogP contribution in [0.1, 0.15) is 29.6 Å². The standard InChI is InChI=1S/C15H20N2O4S/c1-5-20-14-6-11(3)15(7-10(14)2)22(18,19)16-8-13-9-21-12(4)17-13/h6-7,9,16H,5,8H2,1-4H3. The van der Waals surface area contributed by atoms with Gasteiger partial charge in [-0.05, 0) is 44.0 Å². The summed E-state index contributed by atoms with van der Waals surface area (Å²) in [6.07, 6.45) is 1.44. The van der Waals surface area contributed by atoms with Gasteiger partial charge in [-0.15, -0.1) is 0 Å². The second-order valence-corrected chi connectivity index (χ2v) is 6.73. The normalized spacial score (nSPS) is 11.6. The van der Waals surface area contributed by atoms with Crippen molar-refractivity contribution in [3.63, 3.8) is 0 Å². The average Bonchev–Trinajstić information content (AvgIpc) is 2.86. The first-order chi connectivity index (χ1) is 10.3. The maximum atomic E-state index is 12.4. The first kappa shape index (κ1) is 16.5. The summed E-state index contributed by atoms with van der Waals surface area (Å²) in [6.45, 7) is 7.79. The fraction of sp³-hybridized carbons (Fsp3) is 0.400. The highest BCUT2D eigenvalue weighted by Gasteiger charge is 2.19. The molecule has 0 amide bonds. The van der Waals surface area contributed by atoms with Crippen LogP contribution in [0.5, 0.6) is 5.75 Å². The van der Waals surface area contributed by atoms with Gasteiger partial charge in [-0.1, -0.05) is 0 Å². The van der Waals surface area contributed by atoms with E-state index in [0.717, 1.165) is 5.56 Å². The third-order valence-electron chi connectivity index (χ3n) is 3.17. The Morgan fingerprint density at radius 2 is 1.95 bits per heavy atom. The first-order valence-electron chi connectivity index (χ1n) is 6.98. The van der Waals surface area contributed by atoms with Gasteiger partial charge in [0.1, 0.15) is 12.0 Å². The van der Waals surface area contributed by atoms with E-state index in [9.17, 15) is 8.42 Å². The molecule has 22 heavy (non-hydrogen) atoms. The van der Waals surface area contributed by atoms with Crippen LogP contribution in [-0.2, 0) is 16.6 Å². The third kappa shape index (κ3) is 3.66. The zero-order valence-electron chi connectivity index (χ0n) is 13.1. The molecule has 1 N–H and O–H groups in total. The zero-order chi connectivity index (χ0) is 16.3. The lowest BCUT2D eigenvalue weighted by Crippen LogP contribution is -2.24. The largest absolute Gasteiger partial charge is 0.494 e. The number of hydrogen-bond donors (Lipinski definition) is 1. The third-order valence-corrected chi connectivity index (χ3v) is 4.71. The molecular formula is C15H20N2O4S. The van der Waals surface area contributed by atoms with Gasteiger partial charge in [-0.3, -0.25) is 0 Å². The number of sulfonamides is 1. The molecule has 1 aromatic heterocycles. The second-order valence-electron chi connectivity index (χ2n) is 5.00. The lowest BCUT2D eigenvalue weighted by Gasteiger charge is -2.13. The molecule has 0 bridgehead atoms. The molecule has 0 aliphatic heterocycles. The van der Waals surface area contributed by atoms with E-state index in [1.165, 1.54) is 6.26 Å². The van der Waals surface area contributed by atoms with Crippen LogP contribution in [0.15, 0.2) is 27.7 Å². The first-order valence-corrected chi connectivity index (χ1v) is 8.46. The number of aryl methyl sites for hydroxylation is 3. The molecule has 6 nitrogen and oxygen atoms in total. The SMILES string of the molecule is CCOc1cc(C)c(S(=O)(=O)NCc2coc(C)n2)cc1C. The summed E-state index contributed by atoms with van der Waals surface area (Å²) in [5.41, 5.74) is 1.96. The fourth-order valence-electron chi connectivity index (χ4n) is 2.10. The summed E-state index contributed by atoms with van der Waals surface area (Å²) < 4.78 is 38.0. The number of oxazole rings is 1. The summed E-state index contributed by atoms with van der Waals surface area (Å²) in [6, 6.07) is 3.37. The molecule has 0 saturated heterocycles. The fourth-order valence-corrected chi connectivity index (χ4v) is 3.41. The molecule has 0 unspecified atom stereocenters. The van der Waals surface area contributed by atoms with Crippen molar-refractivity contribution in [1.29, 1.82) is 0 Å². The molecular weight excluding hydrogens is 304 g/mol. The smallest absolute Gasteiger partial charge is 0.241 e. The molecule has 0 radical (unpaired) electrons. The Kier molecular flexibility index (Phi) is 4.87. The molecule has 120 valence electrons. The van der Waals surface area contributed by atoms with Gasteiger partial charge in [0.25, 0.3) is 0 Å². The Morgan fingerprint density at radius 3 is 2.55 bits per heavy atom. The number of hydrogen-bond acceptors (Lipinski definition) is 5. The molecule has 2 aromatic rings. The lowest BCUT2D eigenvalue weighted by atomic mass is 10.1. The van der Waals surface area contributed by atoms with Crippen LogP contribution >= 0.6 is 0 Å². The van der Waals surface area contributed by atoms with E-state index in [4.69, 9.17) is 9.15 Å². The number of nitrogens with zero attached hydrogens (tertiary/aromatic N) is 1. The monoisotopic (exact) mass is 324 g/mol. The second kappa shape index (κ2) is 6.50. The molecule has 0 aliphatic rings. The summed E-state index contributed by atoms with van der Waals surface area (Å²) in [4.78, 5) is 4.32. The Hall–Kier alpha value is -1.86. The van der Waals surface area contributed by atoms with Crippen LogP contribution in [0.3, 0.4) is 0 Å². The highest BCUT2D eigenvalue weighted by atomic mass is 32.2. The van der Waals surface area contributed by atoms with Crippen molar-refractivity contribution < 1.29 is 17.6 Å². The highest BCUT2D eigenvalue weighted by Crippen LogP contribution is 2.26. The maximum Gasteiger partial charge on any atom is 0.241 e. The molecule has 1 heterocycles. The Balaban J connectivity index is 2.23. The molecule has 0 fully saturated rings. The van der Waals surface area contributed by atoms with Crippen molar-refractivity contribution in [3.05, 3.63) is 41.1 Å². The molecule has 0 spiro atoms. The number of nitrogens with one attached hydrogen (secondary N) is 1. The van der Waals surface area contributed by atoms with E-state index in [0.29, 0.717) is 29.5 Å². The van der Waals surface area contributed by atoms with Gasteiger partial charge in [0, 0.05) is 6.92 Å². The molecule has 0 atom stereocenters. The highest BCUT2D eigenvalue weighted by molar-refractivity contribution is 7.89. The summed E-state index contributed by atoms with van der Waals surface area (Å²) in [5, 5.41) is 0. The van der Waals surface area contributed by atoms with Gasteiger partial charge in [-0.25, -0.2) is 18.1 Å². The number of aromatic nitrogens is 1. The van der Waals surface area contributed by atoms with Gasteiger partial charge in [-0.2, -0.15) is 0 Å². The van der Waals surface area contributed by atoms with Gasteiger partial charge < -0.3 is 9.15 Å². The van der Waals surface area contributed by atoms with Gasteiger partial charge in [0.15, 0.2) is 5.89 Å². The van der Waals surface area contributed by atoms with Crippen molar-refractivity contribution in [2.45, 2.75) is 39.1 Å². The van der Waals surface area contributed by atoms with Gasteiger partial charge >= 0.3 is 0 Å². The molecule has 0 saturated carbocycles. The summed E-state index contributed by atoms with van der Waals surface area (Å²) >= 11 is 0. The Morgan fingerprint density at radius 1 is 1.23 bits per heavy atom. The van der Waals surface area contributed by atoms with E-state index in [-0.39, 0.29) is 11.4 Å². The molecule has 0 aliphatic carbocycles. The average molecular weight is 324 g/mol. The molecule has 2 rings (SSSR count). The van der Waals surface area contributed by atoms with Crippen molar-refractivity contribution in [1.82, 2.24) is 9.71 Å². The maximum absolute atomic E-state index is 12.4.